The highest BCUT2D eigenvalue weighted by atomic mass is 35.5. The van der Waals surface area contributed by atoms with Gasteiger partial charge in [-0.1, -0.05) is 18.5 Å². The largest absolute Gasteiger partial charge is 0.379 e. The first-order valence-corrected chi connectivity index (χ1v) is 10.9. The second-order valence-electron chi connectivity index (χ2n) is 7.61. The molecule has 4 rings (SSSR count). The normalized spacial score (nSPS) is 20.3. The highest BCUT2D eigenvalue weighted by Crippen LogP contribution is 2.37. The van der Waals surface area contributed by atoms with Gasteiger partial charge in [0.2, 0.25) is 0 Å². The van der Waals surface area contributed by atoms with Gasteiger partial charge in [0.15, 0.2) is 5.69 Å². The van der Waals surface area contributed by atoms with Crippen LogP contribution in [0.5, 0.6) is 0 Å². The number of carbonyl (C=O) groups is 1. The van der Waals surface area contributed by atoms with E-state index in [1.807, 2.05) is 11.8 Å². The lowest BCUT2D eigenvalue weighted by molar-refractivity contribution is -0.0180. The number of aliphatic hydroxyl groups is 1. The summed E-state index contributed by atoms with van der Waals surface area (Å²) in [6.07, 6.45) is 4.14. The number of anilines is 1. The molecule has 10 heteroatoms. The number of likely N-dealkylation sites (N-methyl/N-ethyl adjacent to an activating group) is 1. The summed E-state index contributed by atoms with van der Waals surface area (Å²) < 4.78 is 5.40. The molecule has 9 nitrogen and oxygen atoms in total. The molecule has 2 atom stereocenters. The molecule has 0 radical (unpaired) electrons. The molecule has 1 amide bonds. The second kappa shape index (κ2) is 9.97. The fourth-order valence-electron chi connectivity index (χ4n) is 4.09. The zero-order chi connectivity index (χ0) is 21.8. The van der Waals surface area contributed by atoms with Crippen LogP contribution in [0.3, 0.4) is 0 Å². The van der Waals surface area contributed by atoms with Crippen LogP contribution in [-0.2, 0) is 4.74 Å². The minimum absolute atomic E-state index is 0.272. The Balaban J connectivity index is 1.51. The van der Waals surface area contributed by atoms with Crippen LogP contribution in [0.2, 0.25) is 5.02 Å². The van der Waals surface area contributed by atoms with E-state index in [9.17, 15) is 9.90 Å². The number of morpholine rings is 1. The van der Waals surface area contributed by atoms with E-state index in [1.165, 1.54) is 12.4 Å². The van der Waals surface area contributed by atoms with Crippen LogP contribution in [0.1, 0.15) is 35.6 Å². The summed E-state index contributed by atoms with van der Waals surface area (Å²) in [5.74, 6) is 0.189. The Morgan fingerprint density at radius 2 is 2.03 bits per heavy atom. The first-order valence-electron chi connectivity index (χ1n) is 10.6. The number of nitrogens with zero attached hydrogens (tertiary/aromatic N) is 6. The SMILES string of the molecule is CCN(CCN1CCOCC1)C(O)C[C@H]1c2nccnc2C(=O)N1c1ccc(Cl)cn1. The molecule has 4 heterocycles. The molecule has 2 aromatic heterocycles. The van der Waals surface area contributed by atoms with Gasteiger partial charge in [0, 0.05) is 51.2 Å². The summed E-state index contributed by atoms with van der Waals surface area (Å²) in [7, 11) is 0. The Kier molecular flexibility index (Phi) is 7.09. The molecular weight excluding hydrogens is 420 g/mol. The lowest BCUT2D eigenvalue weighted by Crippen LogP contribution is -2.45. The molecule has 2 aromatic rings. The van der Waals surface area contributed by atoms with Crippen molar-refractivity contribution in [2.24, 2.45) is 0 Å². The van der Waals surface area contributed by atoms with Gasteiger partial charge in [-0.15, -0.1) is 0 Å². The average Bonchev–Trinajstić information content (AvgIpc) is 3.07. The van der Waals surface area contributed by atoms with E-state index in [1.54, 1.807) is 23.2 Å². The number of rotatable bonds is 8. The molecule has 1 unspecified atom stereocenters. The van der Waals surface area contributed by atoms with Crippen LogP contribution >= 0.6 is 11.6 Å². The number of ether oxygens (including phenoxy) is 1. The van der Waals surface area contributed by atoms with Crippen molar-refractivity contribution < 1.29 is 14.6 Å². The highest BCUT2D eigenvalue weighted by molar-refractivity contribution is 6.30. The molecule has 0 aromatic carbocycles. The molecule has 166 valence electrons. The molecule has 1 fully saturated rings. The summed E-state index contributed by atoms with van der Waals surface area (Å²) in [6, 6.07) is 2.92. The monoisotopic (exact) mass is 446 g/mol. The van der Waals surface area contributed by atoms with Gasteiger partial charge >= 0.3 is 0 Å². The van der Waals surface area contributed by atoms with Crippen molar-refractivity contribution in [3.05, 3.63) is 47.1 Å². The Morgan fingerprint density at radius 1 is 1.26 bits per heavy atom. The minimum Gasteiger partial charge on any atom is -0.379 e. The van der Waals surface area contributed by atoms with Gasteiger partial charge in [-0.25, -0.2) is 9.97 Å². The van der Waals surface area contributed by atoms with Crippen LogP contribution < -0.4 is 4.90 Å². The van der Waals surface area contributed by atoms with Crippen molar-refractivity contribution >= 4 is 23.3 Å². The van der Waals surface area contributed by atoms with Gasteiger partial charge in [0.25, 0.3) is 5.91 Å². The van der Waals surface area contributed by atoms with E-state index in [2.05, 4.69) is 19.9 Å². The second-order valence-corrected chi connectivity index (χ2v) is 8.05. The summed E-state index contributed by atoms with van der Waals surface area (Å²) in [4.78, 5) is 32.0. The van der Waals surface area contributed by atoms with Crippen LogP contribution in [0.15, 0.2) is 30.7 Å². The zero-order valence-corrected chi connectivity index (χ0v) is 18.3. The number of pyridine rings is 1. The Hall–Kier alpha value is -2.17. The fraction of sp³-hybridized carbons (Fsp3) is 0.524. The number of halogens is 1. The maximum absolute atomic E-state index is 13.1. The number of aromatic nitrogens is 3. The minimum atomic E-state index is -0.744. The Bertz CT molecular complexity index is 893. The van der Waals surface area contributed by atoms with Gasteiger partial charge in [-0.2, -0.15) is 0 Å². The Labute approximate surface area is 186 Å². The molecule has 0 bridgehead atoms. The summed E-state index contributed by atoms with van der Waals surface area (Å²) in [5.41, 5.74) is 0.861. The van der Waals surface area contributed by atoms with Crippen molar-refractivity contribution in [3.63, 3.8) is 0 Å². The summed E-state index contributed by atoms with van der Waals surface area (Å²) in [6.45, 7) is 7.61. The van der Waals surface area contributed by atoms with E-state index >= 15 is 0 Å². The predicted octanol–water partition coefficient (Wildman–Crippen LogP) is 1.59. The van der Waals surface area contributed by atoms with Crippen LogP contribution in [0.25, 0.3) is 0 Å². The lowest BCUT2D eigenvalue weighted by atomic mass is 10.1. The average molecular weight is 447 g/mol. The summed E-state index contributed by atoms with van der Waals surface area (Å²) in [5, 5.41) is 11.6. The molecule has 2 aliphatic rings. The maximum Gasteiger partial charge on any atom is 0.280 e. The van der Waals surface area contributed by atoms with E-state index in [4.69, 9.17) is 16.3 Å². The first kappa shape index (κ1) is 22.0. The van der Waals surface area contributed by atoms with Gasteiger partial charge in [-0.05, 0) is 18.7 Å². The molecular formula is C21H27ClN6O3. The van der Waals surface area contributed by atoms with E-state index < -0.39 is 12.3 Å². The number of fused-ring (bicyclic) bond motifs is 1. The lowest BCUT2D eigenvalue weighted by Gasteiger charge is -2.33. The maximum atomic E-state index is 13.1. The standard InChI is InChI=1S/C21H27ClN6O3/c1-2-27(8-7-26-9-11-31-12-10-26)18(29)13-16-19-20(24-6-5-23-19)21(30)28(16)17-4-3-15(22)14-25-17/h3-6,14,16,18,29H,2,7-13H2,1H3/t16-,18?/m0/s1. The van der Waals surface area contributed by atoms with Crippen LogP contribution in [0.4, 0.5) is 5.82 Å². The number of aliphatic hydroxyl groups excluding tert-OH is 1. The molecule has 1 saturated heterocycles. The number of carbonyl (C=O) groups excluding carboxylic acids is 1. The third-order valence-corrected chi connectivity index (χ3v) is 6.03. The molecule has 31 heavy (non-hydrogen) atoms. The number of hydrogen-bond donors (Lipinski definition) is 1. The van der Waals surface area contributed by atoms with E-state index in [0.717, 1.165) is 39.4 Å². The third-order valence-electron chi connectivity index (χ3n) is 5.80. The van der Waals surface area contributed by atoms with E-state index in [-0.39, 0.29) is 5.91 Å². The van der Waals surface area contributed by atoms with E-state index in [0.29, 0.717) is 35.2 Å². The molecule has 0 saturated carbocycles. The van der Waals surface area contributed by atoms with Crippen LogP contribution in [0, 0.1) is 0 Å². The molecule has 1 N–H and O–H groups in total. The van der Waals surface area contributed by atoms with Crippen molar-refractivity contribution in [2.75, 3.05) is 50.8 Å². The van der Waals surface area contributed by atoms with Crippen molar-refractivity contribution in [1.82, 2.24) is 24.8 Å². The molecule has 2 aliphatic heterocycles. The Morgan fingerprint density at radius 3 is 2.74 bits per heavy atom. The highest BCUT2D eigenvalue weighted by Gasteiger charge is 2.42. The van der Waals surface area contributed by atoms with Crippen LogP contribution in [-0.4, -0.2) is 87.9 Å². The topological polar surface area (TPSA) is 94.9 Å². The van der Waals surface area contributed by atoms with Crippen molar-refractivity contribution in [1.29, 1.82) is 0 Å². The zero-order valence-electron chi connectivity index (χ0n) is 17.5. The quantitative estimate of drug-likeness (QED) is 0.611. The van der Waals surface area contributed by atoms with Gasteiger partial charge in [0.1, 0.15) is 12.0 Å². The number of amides is 1. The smallest absolute Gasteiger partial charge is 0.280 e. The predicted molar refractivity (Wildman–Crippen MR) is 116 cm³/mol. The fourth-order valence-corrected chi connectivity index (χ4v) is 4.20. The first-order chi connectivity index (χ1) is 15.1. The van der Waals surface area contributed by atoms with Gasteiger partial charge in [-0.3, -0.25) is 24.5 Å². The molecule has 0 aliphatic carbocycles. The van der Waals surface area contributed by atoms with Gasteiger partial charge in [0.05, 0.1) is 30.0 Å². The van der Waals surface area contributed by atoms with Crippen molar-refractivity contribution in [2.45, 2.75) is 25.6 Å². The summed E-state index contributed by atoms with van der Waals surface area (Å²) >= 11 is 5.97. The molecule has 0 spiro atoms. The van der Waals surface area contributed by atoms with Crippen molar-refractivity contribution in [3.8, 4) is 0 Å². The van der Waals surface area contributed by atoms with Gasteiger partial charge < -0.3 is 9.84 Å². The number of hydrogen-bond acceptors (Lipinski definition) is 8. The third kappa shape index (κ3) is 4.86.